The highest BCUT2D eigenvalue weighted by Gasteiger charge is 2.31. The molecule has 0 amide bonds. The van der Waals surface area contributed by atoms with Gasteiger partial charge in [0.2, 0.25) is 0 Å². The van der Waals surface area contributed by atoms with Crippen LogP contribution in [0, 0.1) is 6.92 Å². The first kappa shape index (κ1) is 19.0. The number of nitrogens with zero attached hydrogens (tertiary/aromatic N) is 2. The van der Waals surface area contributed by atoms with Crippen LogP contribution in [0.2, 0.25) is 0 Å². The van der Waals surface area contributed by atoms with Crippen molar-refractivity contribution in [1.29, 1.82) is 0 Å². The number of benzene rings is 1. The minimum absolute atomic E-state index is 0.563. The number of fused-ring (bicyclic) bond motifs is 1. The van der Waals surface area contributed by atoms with Crippen molar-refractivity contribution in [2.45, 2.75) is 32.4 Å². The first-order chi connectivity index (χ1) is 13.3. The molecule has 28 heavy (non-hydrogen) atoms. The number of likely N-dealkylation sites (N-methyl/N-ethyl adjacent to an activating group) is 1. The van der Waals surface area contributed by atoms with Gasteiger partial charge in [-0.25, -0.2) is 4.18 Å². The Morgan fingerprint density at radius 2 is 1.93 bits per heavy atom. The Hall–Kier alpha value is -2.31. The van der Waals surface area contributed by atoms with E-state index >= 15 is 0 Å². The third-order valence-electron chi connectivity index (χ3n) is 5.76. The summed E-state index contributed by atoms with van der Waals surface area (Å²) in [5, 5.41) is 1.24. The van der Waals surface area contributed by atoms with Gasteiger partial charge in [0.1, 0.15) is 0 Å². The summed E-state index contributed by atoms with van der Waals surface area (Å²) < 4.78 is 31.2. The van der Waals surface area contributed by atoms with E-state index in [4.69, 9.17) is 4.18 Å². The van der Waals surface area contributed by atoms with E-state index in [1.807, 2.05) is 18.1 Å². The molecule has 1 aliphatic carbocycles. The normalized spacial score (nSPS) is 21.6. The second-order valence-electron chi connectivity index (χ2n) is 7.67. The van der Waals surface area contributed by atoms with Gasteiger partial charge in [-0.3, -0.25) is 0 Å². The maximum Gasteiger partial charge on any atom is 0.266 e. The summed E-state index contributed by atoms with van der Waals surface area (Å²) in [4.78, 5) is 1.83. The van der Waals surface area contributed by atoms with E-state index in [0.29, 0.717) is 0 Å². The van der Waals surface area contributed by atoms with Crippen molar-refractivity contribution in [3.63, 3.8) is 0 Å². The standard InChI is InChI=1S/C22H26N2O3S/c1-15-20(18-9-5-6-11-21(18)24(15)3)14-16-8-7-10-19-17(16)12-13-23(2)22(19)27-28(4,25)26/h5-6,9,11-14,22H,7-8,10H2,1-4H3. The molecule has 148 valence electrons. The molecule has 2 aromatic rings. The van der Waals surface area contributed by atoms with Crippen molar-refractivity contribution in [3.8, 4) is 0 Å². The van der Waals surface area contributed by atoms with Crippen molar-refractivity contribution in [3.05, 3.63) is 64.5 Å². The lowest BCUT2D eigenvalue weighted by molar-refractivity contribution is 0.113. The Kier molecular flexibility index (Phi) is 4.71. The molecular formula is C22H26N2O3S. The second kappa shape index (κ2) is 6.94. The van der Waals surface area contributed by atoms with Crippen LogP contribution >= 0.6 is 0 Å². The minimum atomic E-state index is -3.55. The van der Waals surface area contributed by atoms with E-state index < -0.39 is 16.3 Å². The molecule has 1 aromatic heterocycles. The Labute approximate surface area is 166 Å². The fourth-order valence-electron chi connectivity index (χ4n) is 4.28. The average Bonchev–Trinajstić information content (AvgIpc) is 2.89. The van der Waals surface area contributed by atoms with Crippen molar-refractivity contribution in [1.82, 2.24) is 9.47 Å². The number of aromatic nitrogens is 1. The Morgan fingerprint density at radius 1 is 1.18 bits per heavy atom. The third-order valence-corrected chi connectivity index (χ3v) is 6.29. The van der Waals surface area contributed by atoms with Crippen LogP contribution in [-0.2, 0) is 21.3 Å². The zero-order valence-corrected chi connectivity index (χ0v) is 17.6. The fraction of sp³-hybridized carbons (Fsp3) is 0.364. The molecule has 0 saturated carbocycles. The Balaban J connectivity index is 1.84. The van der Waals surface area contributed by atoms with Crippen LogP contribution in [0.25, 0.3) is 17.0 Å². The monoisotopic (exact) mass is 398 g/mol. The molecular weight excluding hydrogens is 372 g/mol. The number of hydrogen-bond acceptors (Lipinski definition) is 4. The van der Waals surface area contributed by atoms with Crippen molar-refractivity contribution in [2.75, 3.05) is 13.3 Å². The number of rotatable bonds is 3. The van der Waals surface area contributed by atoms with Gasteiger partial charge < -0.3 is 9.47 Å². The fourth-order valence-corrected chi connectivity index (χ4v) is 4.86. The van der Waals surface area contributed by atoms with Gasteiger partial charge in [-0.15, -0.1) is 0 Å². The zero-order chi connectivity index (χ0) is 20.1. The molecule has 2 aliphatic rings. The van der Waals surface area contributed by atoms with Crippen LogP contribution in [0.1, 0.15) is 30.5 Å². The highest BCUT2D eigenvalue weighted by Crippen LogP contribution is 2.39. The summed E-state index contributed by atoms with van der Waals surface area (Å²) in [5.74, 6) is 0. The van der Waals surface area contributed by atoms with Crippen LogP contribution in [0.4, 0.5) is 0 Å². The van der Waals surface area contributed by atoms with Gasteiger partial charge in [0.25, 0.3) is 10.1 Å². The van der Waals surface area contributed by atoms with E-state index in [-0.39, 0.29) is 0 Å². The molecule has 0 bridgehead atoms. The lowest BCUT2D eigenvalue weighted by atomic mass is 9.83. The summed E-state index contributed by atoms with van der Waals surface area (Å²) >= 11 is 0. The SMILES string of the molecule is Cc1c(C=C2CCCC3=C2C=CN(C)C3OS(C)(=O)=O)c2ccccc2n1C. The molecule has 0 radical (unpaired) electrons. The molecule has 6 heteroatoms. The molecule has 4 rings (SSSR count). The molecule has 0 N–H and O–H groups in total. The summed E-state index contributed by atoms with van der Waals surface area (Å²) in [5.41, 5.74) is 7.08. The van der Waals surface area contributed by atoms with Crippen LogP contribution in [0.3, 0.4) is 0 Å². The largest absolute Gasteiger partial charge is 0.351 e. The molecule has 1 atom stereocenters. The topological polar surface area (TPSA) is 51.5 Å². The van der Waals surface area contributed by atoms with E-state index in [1.165, 1.54) is 27.7 Å². The van der Waals surface area contributed by atoms with Crippen molar-refractivity contribution < 1.29 is 12.6 Å². The minimum Gasteiger partial charge on any atom is -0.351 e. The van der Waals surface area contributed by atoms with Gasteiger partial charge >= 0.3 is 0 Å². The van der Waals surface area contributed by atoms with Crippen molar-refractivity contribution >= 4 is 27.1 Å². The van der Waals surface area contributed by atoms with Gasteiger partial charge in [0, 0.05) is 42.5 Å². The molecule has 5 nitrogen and oxygen atoms in total. The van der Waals surface area contributed by atoms with Crippen molar-refractivity contribution in [2.24, 2.45) is 7.05 Å². The van der Waals surface area contributed by atoms with Crippen LogP contribution in [-0.4, -0.2) is 37.4 Å². The quantitative estimate of drug-likeness (QED) is 0.730. The van der Waals surface area contributed by atoms with E-state index in [1.54, 1.807) is 0 Å². The highest BCUT2D eigenvalue weighted by molar-refractivity contribution is 7.86. The lowest BCUT2D eigenvalue weighted by Gasteiger charge is -2.35. The Bertz CT molecular complexity index is 1140. The number of para-hydroxylation sites is 1. The predicted molar refractivity (Wildman–Crippen MR) is 113 cm³/mol. The predicted octanol–water partition coefficient (Wildman–Crippen LogP) is 4.11. The molecule has 0 fully saturated rings. The van der Waals surface area contributed by atoms with Gasteiger partial charge in [-0.05, 0) is 61.1 Å². The number of allylic oxidation sites excluding steroid dienone is 3. The van der Waals surface area contributed by atoms with Gasteiger partial charge in [-0.2, -0.15) is 8.42 Å². The first-order valence-corrected chi connectivity index (χ1v) is 11.3. The smallest absolute Gasteiger partial charge is 0.266 e. The summed E-state index contributed by atoms with van der Waals surface area (Å²) in [6.07, 6.45) is 9.62. The molecule has 0 spiro atoms. The van der Waals surface area contributed by atoms with E-state index in [0.717, 1.165) is 36.7 Å². The summed E-state index contributed by atoms with van der Waals surface area (Å²) in [6.45, 7) is 2.14. The van der Waals surface area contributed by atoms with E-state index in [9.17, 15) is 8.42 Å². The molecule has 1 unspecified atom stereocenters. The zero-order valence-electron chi connectivity index (χ0n) is 16.8. The number of hydrogen-bond donors (Lipinski definition) is 0. The second-order valence-corrected chi connectivity index (χ2v) is 9.27. The molecule has 2 heterocycles. The third kappa shape index (κ3) is 3.31. The van der Waals surface area contributed by atoms with E-state index in [2.05, 4.69) is 55.0 Å². The maximum atomic E-state index is 11.8. The molecule has 1 aliphatic heterocycles. The Morgan fingerprint density at radius 3 is 2.68 bits per heavy atom. The van der Waals surface area contributed by atoms with Gasteiger partial charge in [-0.1, -0.05) is 18.2 Å². The van der Waals surface area contributed by atoms with Crippen LogP contribution in [0.5, 0.6) is 0 Å². The summed E-state index contributed by atoms with van der Waals surface area (Å²) in [7, 11) is 0.396. The average molecular weight is 399 g/mol. The van der Waals surface area contributed by atoms with Gasteiger partial charge in [0.05, 0.1) is 6.26 Å². The number of aryl methyl sites for hydroxylation is 1. The van der Waals surface area contributed by atoms with Crippen LogP contribution in [0.15, 0.2) is 53.3 Å². The summed E-state index contributed by atoms with van der Waals surface area (Å²) in [6, 6.07) is 8.43. The molecule has 0 saturated heterocycles. The van der Waals surface area contributed by atoms with Gasteiger partial charge in [0.15, 0.2) is 6.23 Å². The first-order valence-electron chi connectivity index (χ1n) is 9.52. The maximum absolute atomic E-state index is 11.8. The lowest BCUT2D eigenvalue weighted by Crippen LogP contribution is -2.37. The molecule has 1 aromatic carbocycles. The van der Waals surface area contributed by atoms with Crippen LogP contribution < -0.4 is 0 Å². The highest BCUT2D eigenvalue weighted by atomic mass is 32.2.